The Morgan fingerprint density at radius 3 is 3.05 bits per heavy atom. The summed E-state index contributed by atoms with van der Waals surface area (Å²) >= 11 is 0. The van der Waals surface area contributed by atoms with Gasteiger partial charge in [-0.05, 0) is 29.9 Å². The van der Waals surface area contributed by atoms with Gasteiger partial charge in [-0.15, -0.1) is 0 Å². The second-order valence-electron chi connectivity index (χ2n) is 6.85. The summed E-state index contributed by atoms with van der Waals surface area (Å²) in [6, 6.07) is 0. The van der Waals surface area contributed by atoms with Crippen LogP contribution in [0.4, 0.5) is 0 Å². The molecule has 4 fully saturated rings. The third kappa shape index (κ3) is 0.743. The van der Waals surface area contributed by atoms with Crippen molar-refractivity contribution >= 4 is 11.8 Å². The van der Waals surface area contributed by atoms with Crippen molar-refractivity contribution in [3.63, 3.8) is 0 Å². The summed E-state index contributed by atoms with van der Waals surface area (Å²) in [7, 11) is 1.40. The van der Waals surface area contributed by atoms with Gasteiger partial charge in [0, 0.05) is 17.3 Å². The Bertz CT molecular complexity index is 635. The molecule has 1 unspecified atom stereocenters. The van der Waals surface area contributed by atoms with Crippen molar-refractivity contribution in [2.45, 2.75) is 19.3 Å². The van der Waals surface area contributed by atoms with Crippen LogP contribution in [-0.4, -0.2) is 32.1 Å². The SMILES string of the molecule is COC(=O)C12C(=O)C[C@H]3C[C@@]14C=CC1=C(COC1)[C@@]24C3. The third-order valence-electron chi connectivity index (χ3n) is 6.57. The summed E-state index contributed by atoms with van der Waals surface area (Å²) in [5.41, 5.74) is 0.834. The maximum atomic E-state index is 12.7. The van der Waals surface area contributed by atoms with E-state index in [0.29, 0.717) is 25.6 Å². The van der Waals surface area contributed by atoms with Gasteiger partial charge in [0.05, 0.1) is 20.3 Å². The summed E-state index contributed by atoms with van der Waals surface area (Å²) in [5.74, 6) is 0.189. The minimum Gasteiger partial charge on any atom is -0.468 e. The van der Waals surface area contributed by atoms with Crippen molar-refractivity contribution in [2.75, 3.05) is 20.3 Å². The van der Waals surface area contributed by atoms with E-state index in [1.165, 1.54) is 18.3 Å². The lowest BCUT2D eigenvalue weighted by molar-refractivity contribution is -0.157. The molecule has 0 amide bonds. The van der Waals surface area contributed by atoms with E-state index in [-0.39, 0.29) is 22.6 Å². The monoisotopic (exact) mass is 272 g/mol. The van der Waals surface area contributed by atoms with E-state index in [1.54, 1.807) is 0 Å². The normalized spacial score (nSPS) is 50.0. The molecule has 6 aliphatic rings. The van der Waals surface area contributed by atoms with Gasteiger partial charge in [0.15, 0.2) is 5.78 Å². The third-order valence-corrected chi connectivity index (χ3v) is 6.57. The molecule has 0 aromatic carbocycles. The summed E-state index contributed by atoms with van der Waals surface area (Å²) in [5, 5.41) is 0. The first kappa shape index (κ1) is 11.3. The van der Waals surface area contributed by atoms with Crippen molar-refractivity contribution in [2.24, 2.45) is 22.2 Å². The van der Waals surface area contributed by atoms with E-state index in [1.807, 2.05) is 0 Å². The number of rotatable bonds is 1. The molecule has 104 valence electrons. The minimum atomic E-state index is -0.940. The number of ether oxygens (including phenoxy) is 2. The molecule has 6 rings (SSSR count). The molecule has 5 aliphatic carbocycles. The largest absolute Gasteiger partial charge is 0.468 e. The summed E-state index contributed by atoms with van der Waals surface area (Å²) in [4.78, 5) is 25.3. The van der Waals surface area contributed by atoms with E-state index in [4.69, 9.17) is 9.47 Å². The van der Waals surface area contributed by atoms with Gasteiger partial charge in [-0.1, -0.05) is 12.2 Å². The van der Waals surface area contributed by atoms with Crippen LogP contribution in [-0.2, 0) is 19.1 Å². The quantitative estimate of drug-likeness (QED) is 0.535. The second-order valence-corrected chi connectivity index (χ2v) is 6.85. The number of hydrogen-bond acceptors (Lipinski definition) is 4. The number of carbonyl (C=O) groups is 2. The summed E-state index contributed by atoms with van der Waals surface area (Å²) < 4.78 is 10.7. The molecule has 0 aromatic rings. The molecule has 4 heteroatoms. The maximum Gasteiger partial charge on any atom is 0.321 e. The molecule has 4 nitrogen and oxygen atoms in total. The van der Waals surface area contributed by atoms with Gasteiger partial charge in [-0.25, -0.2) is 0 Å². The van der Waals surface area contributed by atoms with Crippen LogP contribution in [0.2, 0.25) is 0 Å². The van der Waals surface area contributed by atoms with Crippen molar-refractivity contribution in [3.8, 4) is 0 Å². The highest BCUT2D eigenvalue weighted by Crippen LogP contribution is 2.93. The van der Waals surface area contributed by atoms with E-state index < -0.39 is 5.41 Å². The van der Waals surface area contributed by atoms with Gasteiger partial charge in [0.25, 0.3) is 0 Å². The Kier molecular flexibility index (Phi) is 1.65. The van der Waals surface area contributed by atoms with Crippen LogP contribution in [0, 0.1) is 22.2 Å². The highest BCUT2D eigenvalue weighted by molar-refractivity contribution is 6.14. The van der Waals surface area contributed by atoms with Gasteiger partial charge in [0.1, 0.15) is 5.41 Å². The second kappa shape index (κ2) is 2.93. The lowest BCUT2D eigenvalue weighted by Gasteiger charge is -2.33. The molecule has 1 aliphatic heterocycles. The van der Waals surface area contributed by atoms with Crippen LogP contribution in [0.3, 0.4) is 0 Å². The maximum absolute atomic E-state index is 12.7. The van der Waals surface area contributed by atoms with Crippen molar-refractivity contribution in [1.29, 1.82) is 0 Å². The molecule has 0 radical (unpaired) electrons. The molecular weight excluding hydrogens is 256 g/mol. The van der Waals surface area contributed by atoms with Crippen LogP contribution >= 0.6 is 0 Å². The Morgan fingerprint density at radius 2 is 2.25 bits per heavy atom. The number of Topliss-reactive ketones (excluding diaryl/α,β-unsaturated/α-hetero) is 1. The highest BCUT2D eigenvalue weighted by atomic mass is 16.5. The van der Waals surface area contributed by atoms with Crippen molar-refractivity contribution in [1.82, 2.24) is 0 Å². The van der Waals surface area contributed by atoms with Gasteiger partial charge in [-0.2, -0.15) is 0 Å². The van der Waals surface area contributed by atoms with Gasteiger partial charge in [-0.3, -0.25) is 9.59 Å². The predicted octanol–water partition coefficient (Wildman–Crippen LogP) is 1.41. The number of esters is 1. The Hall–Kier alpha value is -1.42. The standard InChI is InChI=1S/C16H16O4/c1-19-13(18)16-12(17)4-9-5-14(16)3-2-10-7-20-8-11(10)15(14,16)6-9/h2-3,9H,4-8H2,1H3/t9-,14+,15+,16?/m0/s1. The van der Waals surface area contributed by atoms with Crippen LogP contribution < -0.4 is 0 Å². The first-order chi connectivity index (χ1) is 9.64. The van der Waals surface area contributed by atoms with Crippen molar-refractivity contribution < 1.29 is 19.1 Å². The first-order valence-corrected chi connectivity index (χ1v) is 7.25. The zero-order chi connectivity index (χ0) is 13.8. The number of ketones is 1. The molecular formula is C16H16O4. The Balaban J connectivity index is 1.81. The molecule has 20 heavy (non-hydrogen) atoms. The molecule has 4 atom stereocenters. The van der Waals surface area contributed by atoms with Crippen LogP contribution in [0.1, 0.15) is 19.3 Å². The fourth-order valence-corrected chi connectivity index (χ4v) is 6.20. The smallest absolute Gasteiger partial charge is 0.321 e. The Morgan fingerprint density at radius 1 is 1.40 bits per heavy atom. The molecule has 0 N–H and O–H groups in total. The zero-order valence-electron chi connectivity index (χ0n) is 11.4. The fraction of sp³-hybridized carbons (Fsp3) is 0.625. The highest BCUT2D eigenvalue weighted by Gasteiger charge is 2.98. The number of hydrogen-bond donors (Lipinski definition) is 0. The number of fused-ring (bicyclic) bond motifs is 1. The molecule has 4 bridgehead atoms. The molecule has 0 aromatic heterocycles. The lowest BCUT2D eigenvalue weighted by Crippen LogP contribution is -2.43. The minimum absolute atomic E-state index is 0.0946. The van der Waals surface area contributed by atoms with Crippen molar-refractivity contribution in [3.05, 3.63) is 23.3 Å². The van der Waals surface area contributed by atoms with E-state index in [0.717, 1.165) is 12.8 Å². The molecule has 2 spiro atoms. The molecule has 1 heterocycles. The molecule has 4 saturated carbocycles. The average Bonchev–Trinajstić information content (AvgIpc) is 2.78. The fourth-order valence-electron chi connectivity index (χ4n) is 6.20. The van der Waals surface area contributed by atoms with E-state index >= 15 is 0 Å². The topological polar surface area (TPSA) is 52.6 Å². The summed E-state index contributed by atoms with van der Waals surface area (Å²) in [6.45, 7) is 1.18. The Labute approximate surface area is 116 Å². The van der Waals surface area contributed by atoms with Crippen LogP contribution in [0.25, 0.3) is 0 Å². The zero-order valence-corrected chi connectivity index (χ0v) is 11.4. The summed E-state index contributed by atoms with van der Waals surface area (Å²) in [6.07, 6.45) is 6.65. The predicted molar refractivity (Wildman–Crippen MR) is 68.6 cm³/mol. The van der Waals surface area contributed by atoms with E-state index in [2.05, 4.69) is 12.2 Å². The average molecular weight is 272 g/mol. The van der Waals surface area contributed by atoms with Gasteiger partial charge >= 0.3 is 5.97 Å². The van der Waals surface area contributed by atoms with Crippen LogP contribution in [0.15, 0.2) is 23.3 Å². The lowest BCUT2D eigenvalue weighted by atomic mass is 9.68. The van der Waals surface area contributed by atoms with Crippen LogP contribution in [0.5, 0.6) is 0 Å². The first-order valence-electron chi connectivity index (χ1n) is 7.25. The number of methoxy groups -OCH3 is 1. The number of allylic oxidation sites excluding steroid dienone is 1. The molecule has 0 saturated heterocycles. The van der Waals surface area contributed by atoms with E-state index in [9.17, 15) is 9.59 Å². The van der Waals surface area contributed by atoms with Gasteiger partial charge in [0.2, 0.25) is 0 Å². The van der Waals surface area contributed by atoms with Gasteiger partial charge < -0.3 is 9.47 Å². The number of carbonyl (C=O) groups excluding carboxylic acids is 2.